The highest BCUT2D eigenvalue weighted by molar-refractivity contribution is 5.26. The van der Waals surface area contributed by atoms with Gasteiger partial charge in [-0.05, 0) is 30.9 Å². The van der Waals surface area contributed by atoms with Crippen LogP contribution >= 0.6 is 0 Å². The second-order valence-electron chi connectivity index (χ2n) is 4.41. The van der Waals surface area contributed by atoms with E-state index in [0.717, 1.165) is 5.69 Å². The van der Waals surface area contributed by atoms with Gasteiger partial charge in [-0.25, -0.2) is 4.98 Å². The van der Waals surface area contributed by atoms with Crippen molar-refractivity contribution in [2.75, 3.05) is 6.61 Å². The van der Waals surface area contributed by atoms with Crippen molar-refractivity contribution in [3.8, 4) is 5.88 Å². The number of nitrogens with zero attached hydrogens (tertiary/aromatic N) is 1. The van der Waals surface area contributed by atoms with Crippen molar-refractivity contribution in [1.29, 1.82) is 0 Å². The summed E-state index contributed by atoms with van der Waals surface area (Å²) in [7, 11) is 0. The van der Waals surface area contributed by atoms with Gasteiger partial charge in [0.1, 0.15) is 6.61 Å². The molecule has 1 aromatic rings. The Morgan fingerprint density at radius 3 is 2.62 bits per heavy atom. The molecular formula is C13H21NO2. The van der Waals surface area contributed by atoms with Gasteiger partial charge in [0.15, 0.2) is 0 Å². The minimum absolute atomic E-state index is 0.310. The molecule has 0 saturated carbocycles. The second kappa shape index (κ2) is 5.85. The van der Waals surface area contributed by atoms with Gasteiger partial charge in [-0.1, -0.05) is 20.8 Å². The number of hydrogen-bond donors (Lipinski definition) is 1. The molecule has 0 aromatic carbocycles. The number of aryl methyl sites for hydroxylation is 1. The average Bonchev–Trinajstić information content (AvgIpc) is 2.25. The monoisotopic (exact) mass is 223 g/mol. The van der Waals surface area contributed by atoms with Crippen LogP contribution in [0.1, 0.15) is 44.4 Å². The summed E-state index contributed by atoms with van der Waals surface area (Å²) >= 11 is 0. The van der Waals surface area contributed by atoms with E-state index in [4.69, 9.17) is 4.74 Å². The number of aliphatic hydroxyl groups excluding tert-OH is 1. The largest absolute Gasteiger partial charge is 0.475 e. The normalized spacial score (nSPS) is 12.9. The van der Waals surface area contributed by atoms with Crippen LogP contribution in [0.4, 0.5) is 0 Å². The number of aromatic nitrogens is 1. The molecule has 90 valence electrons. The zero-order chi connectivity index (χ0) is 12.1. The van der Waals surface area contributed by atoms with E-state index < -0.39 is 6.10 Å². The van der Waals surface area contributed by atoms with Crippen molar-refractivity contribution in [2.45, 2.75) is 46.1 Å². The molecule has 0 saturated heterocycles. The van der Waals surface area contributed by atoms with E-state index in [1.165, 1.54) is 5.56 Å². The van der Waals surface area contributed by atoms with Gasteiger partial charge in [0.2, 0.25) is 5.88 Å². The van der Waals surface area contributed by atoms with E-state index in [1.54, 1.807) is 0 Å². The summed E-state index contributed by atoms with van der Waals surface area (Å²) in [5.74, 6) is 1.07. The fraction of sp³-hybridized carbons (Fsp3) is 0.615. The van der Waals surface area contributed by atoms with Gasteiger partial charge in [-0.15, -0.1) is 0 Å². The summed E-state index contributed by atoms with van der Waals surface area (Å²) in [4.78, 5) is 4.29. The van der Waals surface area contributed by atoms with E-state index >= 15 is 0 Å². The summed E-state index contributed by atoms with van der Waals surface area (Å²) in [6.07, 6.45) is 0.285. The Kier molecular flexibility index (Phi) is 4.74. The molecule has 1 rings (SSSR count). The van der Waals surface area contributed by atoms with Crippen molar-refractivity contribution in [3.05, 3.63) is 23.4 Å². The lowest BCUT2D eigenvalue weighted by atomic mass is 10.0. The van der Waals surface area contributed by atoms with E-state index in [0.29, 0.717) is 24.8 Å². The lowest BCUT2D eigenvalue weighted by molar-refractivity contribution is 0.102. The molecule has 0 aliphatic heterocycles. The van der Waals surface area contributed by atoms with Crippen molar-refractivity contribution < 1.29 is 9.84 Å². The van der Waals surface area contributed by atoms with E-state index in [2.05, 4.69) is 24.9 Å². The van der Waals surface area contributed by atoms with Crippen LogP contribution in [-0.2, 0) is 0 Å². The molecular weight excluding hydrogens is 202 g/mol. The van der Waals surface area contributed by atoms with Crippen LogP contribution in [0.25, 0.3) is 0 Å². The zero-order valence-corrected chi connectivity index (χ0v) is 10.5. The van der Waals surface area contributed by atoms with Gasteiger partial charge < -0.3 is 9.84 Å². The topological polar surface area (TPSA) is 42.4 Å². The highest BCUT2D eigenvalue weighted by Gasteiger charge is 2.07. The van der Waals surface area contributed by atoms with Crippen LogP contribution in [0.15, 0.2) is 12.1 Å². The highest BCUT2D eigenvalue weighted by atomic mass is 16.5. The van der Waals surface area contributed by atoms with Gasteiger partial charge in [-0.2, -0.15) is 0 Å². The van der Waals surface area contributed by atoms with Crippen LogP contribution < -0.4 is 4.74 Å². The fourth-order valence-electron chi connectivity index (χ4n) is 1.37. The number of ether oxygens (including phenoxy) is 1. The standard InChI is InChI=1S/C13H21NO2/c1-5-12(15)8-16-13-7-11(9(2)3)6-10(4)14-13/h6-7,9,12,15H,5,8H2,1-4H3/t12-/m0/s1. The second-order valence-corrected chi connectivity index (χ2v) is 4.41. The Balaban J connectivity index is 2.72. The molecule has 3 nitrogen and oxygen atoms in total. The Hall–Kier alpha value is -1.09. The average molecular weight is 223 g/mol. The molecule has 0 spiro atoms. The molecule has 16 heavy (non-hydrogen) atoms. The quantitative estimate of drug-likeness (QED) is 0.834. The van der Waals surface area contributed by atoms with E-state index in [1.807, 2.05) is 19.9 Å². The Labute approximate surface area is 97.5 Å². The maximum atomic E-state index is 9.41. The summed E-state index contributed by atoms with van der Waals surface area (Å²) in [6.45, 7) is 8.47. The highest BCUT2D eigenvalue weighted by Crippen LogP contribution is 2.20. The molecule has 3 heteroatoms. The molecule has 0 bridgehead atoms. The van der Waals surface area contributed by atoms with Gasteiger partial charge in [-0.3, -0.25) is 0 Å². The van der Waals surface area contributed by atoms with Crippen molar-refractivity contribution >= 4 is 0 Å². The van der Waals surface area contributed by atoms with Crippen LogP contribution in [0, 0.1) is 6.92 Å². The lowest BCUT2D eigenvalue weighted by Crippen LogP contribution is -2.16. The van der Waals surface area contributed by atoms with E-state index in [-0.39, 0.29) is 0 Å². The number of aliphatic hydroxyl groups is 1. The number of hydrogen-bond acceptors (Lipinski definition) is 3. The number of rotatable bonds is 5. The zero-order valence-electron chi connectivity index (χ0n) is 10.5. The molecule has 0 unspecified atom stereocenters. The maximum absolute atomic E-state index is 9.41. The molecule has 0 aliphatic rings. The van der Waals surface area contributed by atoms with Gasteiger partial charge in [0.25, 0.3) is 0 Å². The van der Waals surface area contributed by atoms with Gasteiger partial charge in [0, 0.05) is 11.8 Å². The van der Waals surface area contributed by atoms with Crippen LogP contribution in [0.2, 0.25) is 0 Å². The summed E-state index contributed by atoms with van der Waals surface area (Å²) in [6, 6.07) is 4.01. The Morgan fingerprint density at radius 2 is 2.06 bits per heavy atom. The van der Waals surface area contributed by atoms with E-state index in [9.17, 15) is 5.11 Å². The predicted molar refractivity (Wildman–Crippen MR) is 64.9 cm³/mol. The third-order valence-corrected chi connectivity index (χ3v) is 2.51. The SMILES string of the molecule is CC[C@H](O)COc1cc(C(C)C)cc(C)n1. The van der Waals surface area contributed by atoms with Gasteiger partial charge in [0.05, 0.1) is 6.10 Å². The summed E-state index contributed by atoms with van der Waals surface area (Å²) in [5, 5.41) is 9.41. The first-order valence-corrected chi connectivity index (χ1v) is 5.82. The molecule has 1 aromatic heterocycles. The third kappa shape index (κ3) is 3.81. The smallest absolute Gasteiger partial charge is 0.213 e. The Morgan fingerprint density at radius 1 is 1.38 bits per heavy atom. The first kappa shape index (κ1) is 13.0. The van der Waals surface area contributed by atoms with Crippen molar-refractivity contribution in [1.82, 2.24) is 4.98 Å². The van der Waals surface area contributed by atoms with Crippen LogP contribution in [0.3, 0.4) is 0 Å². The molecule has 1 N–H and O–H groups in total. The van der Waals surface area contributed by atoms with Crippen molar-refractivity contribution in [3.63, 3.8) is 0 Å². The minimum Gasteiger partial charge on any atom is -0.475 e. The predicted octanol–water partition coefficient (Wildman–Crippen LogP) is 2.66. The first-order chi connectivity index (χ1) is 7.52. The van der Waals surface area contributed by atoms with Gasteiger partial charge >= 0.3 is 0 Å². The minimum atomic E-state index is -0.412. The first-order valence-electron chi connectivity index (χ1n) is 5.82. The van der Waals surface area contributed by atoms with Crippen molar-refractivity contribution in [2.24, 2.45) is 0 Å². The molecule has 0 amide bonds. The number of pyridine rings is 1. The molecule has 0 radical (unpaired) electrons. The van der Waals surface area contributed by atoms with Crippen LogP contribution in [-0.4, -0.2) is 22.8 Å². The molecule has 1 atom stereocenters. The maximum Gasteiger partial charge on any atom is 0.213 e. The third-order valence-electron chi connectivity index (χ3n) is 2.51. The molecule has 0 aliphatic carbocycles. The lowest BCUT2D eigenvalue weighted by Gasteiger charge is -2.12. The fourth-order valence-corrected chi connectivity index (χ4v) is 1.37. The Bertz CT molecular complexity index is 337. The molecule has 0 fully saturated rings. The summed E-state index contributed by atoms with van der Waals surface area (Å²) < 4.78 is 5.47. The van der Waals surface area contributed by atoms with Crippen LogP contribution in [0.5, 0.6) is 5.88 Å². The molecule has 1 heterocycles. The summed E-state index contributed by atoms with van der Waals surface area (Å²) in [5.41, 5.74) is 2.17.